The molecule has 0 aliphatic rings. The normalized spacial score (nSPS) is 13.0. The maximum atomic E-state index is 12.8. The summed E-state index contributed by atoms with van der Waals surface area (Å²) in [4.78, 5) is 2.27. The van der Waals surface area contributed by atoms with Crippen LogP contribution in [0.4, 0.5) is 0 Å². The standard InChI is InChI=1S/C22H26N2O3S/c1-16-14-18(12-13-22(16)27-4)28(25,26)23-15-21(24(2)3)20-11-7-9-17-8-5-6-10-19(17)20/h5-14,21,23H,15H2,1-4H3/t21-/m1/s1. The Balaban J connectivity index is 1.88. The first kappa shape index (κ1) is 20.3. The number of hydrogen-bond donors (Lipinski definition) is 1. The van der Waals surface area contributed by atoms with E-state index >= 15 is 0 Å². The van der Waals surface area contributed by atoms with Crippen LogP contribution in [0.5, 0.6) is 5.75 Å². The Morgan fingerprint density at radius 3 is 2.43 bits per heavy atom. The van der Waals surface area contributed by atoms with Gasteiger partial charge in [0, 0.05) is 12.6 Å². The Morgan fingerprint density at radius 1 is 1.04 bits per heavy atom. The molecule has 3 aromatic carbocycles. The summed E-state index contributed by atoms with van der Waals surface area (Å²) in [5.41, 5.74) is 1.88. The highest BCUT2D eigenvalue weighted by molar-refractivity contribution is 7.89. The Kier molecular flexibility index (Phi) is 6.03. The summed E-state index contributed by atoms with van der Waals surface area (Å²) in [7, 11) is 1.85. The highest BCUT2D eigenvalue weighted by Crippen LogP contribution is 2.27. The highest BCUT2D eigenvalue weighted by Gasteiger charge is 2.21. The average molecular weight is 399 g/mol. The molecule has 0 aliphatic carbocycles. The second kappa shape index (κ2) is 8.31. The molecule has 1 N–H and O–H groups in total. The maximum absolute atomic E-state index is 12.8. The molecule has 0 saturated carbocycles. The van der Waals surface area contributed by atoms with Crippen molar-refractivity contribution in [3.63, 3.8) is 0 Å². The lowest BCUT2D eigenvalue weighted by Gasteiger charge is -2.26. The van der Waals surface area contributed by atoms with Crippen molar-refractivity contribution >= 4 is 20.8 Å². The van der Waals surface area contributed by atoms with Crippen LogP contribution >= 0.6 is 0 Å². The van der Waals surface area contributed by atoms with Gasteiger partial charge in [0.05, 0.1) is 12.0 Å². The zero-order chi connectivity index (χ0) is 20.3. The van der Waals surface area contributed by atoms with Crippen molar-refractivity contribution in [1.82, 2.24) is 9.62 Å². The molecular weight excluding hydrogens is 372 g/mol. The van der Waals surface area contributed by atoms with E-state index in [1.54, 1.807) is 25.3 Å². The summed E-state index contributed by atoms with van der Waals surface area (Å²) in [5.74, 6) is 0.667. The molecule has 0 unspecified atom stereocenters. The van der Waals surface area contributed by atoms with E-state index < -0.39 is 10.0 Å². The minimum absolute atomic E-state index is 0.0970. The van der Waals surface area contributed by atoms with Crippen molar-refractivity contribution < 1.29 is 13.2 Å². The van der Waals surface area contributed by atoms with E-state index in [4.69, 9.17) is 4.74 Å². The van der Waals surface area contributed by atoms with E-state index in [0.717, 1.165) is 21.9 Å². The second-order valence-electron chi connectivity index (χ2n) is 7.03. The lowest BCUT2D eigenvalue weighted by atomic mass is 9.98. The number of nitrogens with zero attached hydrogens (tertiary/aromatic N) is 1. The van der Waals surface area contributed by atoms with Gasteiger partial charge in [-0.1, -0.05) is 42.5 Å². The summed E-state index contributed by atoms with van der Waals surface area (Å²) in [6, 6.07) is 19.1. The van der Waals surface area contributed by atoms with Crippen molar-refractivity contribution in [3.05, 3.63) is 71.8 Å². The van der Waals surface area contributed by atoms with Gasteiger partial charge in [0.2, 0.25) is 10.0 Å². The molecule has 0 bridgehead atoms. The minimum atomic E-state index is -3.63. The van der Waals surface area contributed by atoms with Crippen LogP contribution in [-0.2, 0) is 10.0 Å². The molecule has 5 nitrogen and oxygen atoms in total. The van der Waals surface area contributed by atoms with Crippen LogP contribution in [0, 0.1) is 6.92 Å². The fourth-order valence-electron chi connectivity index (χ4n) is 3.40. The van der Waals surface area contributed by atoms with Crippen LogP contribution in [0.25, 0.3) is 10.8 Å². The third-order valence-electron chi connectivity index (χ3n) is 4.95. The molecule has 3 aromatic rings. The third-order valence-corrected chi connectivity index (χ3v) is 6.37. The predicted molar refractivity (Wildman–Crippen MR) is 113 cm³/mol. The molecule has 0 heterocycles. The second-order valence-corrected chi connectivity index (χ2v) is 8.80. The van der Waals surface area contributed by atoms with Crippen molar-refractivity contribution in [2.45, 2.75) is 17.9 Å². The summed E-state index contributed by atoms with van der Waals surface area (Å²) in [5, 5.41) is 2.27. The number of rotatable bonds is 7. The largest absolute Gasteiger partial charge is 0.496 e. The minimum Gasteiger partial charge on any atom is -0.496 e. The monoisotopic (exact) mass is 398 g/mol. The van der Waals surface area contributed by atoms with Crippen LogP contribution < -0.4 is 9.46 Å². The van der Waals surface area contributed by atoms with Crippen LogP contribution in [0.1, 0.15) is 17.2 Å². The zero-order valence-corrected chi connectivity index (χ0v) is 17.5. The van der Waals surface area contributed by atoms with Gasteiger partial charge in [-0.25, -0.2) is 13.1 Å². The summed E-state index contributed by atoms with van der Waals surface area (Å²) in [6.07, 6.45) is 0. The maximum Gasteiger partial charge on any atom is 0.240 e. The molecule has 0 fully saturated rings. The number of methoxy groups -OCH3 is 1. The number of ether oxygens (including phenoxy) is 1. The number of nitrogens with one attached hydrogen (secondary N) is 1. The summed E-state index contributed by atoms with van der Waals surface area (Å²) >= 11 is 0. The van der Waals surface area contributed by atoms with Gasteiger partial charge >= 0.3 is 0 Å². The SMILES string of the molecule is COc1ccc(S(=O)(=O)NC[C@H](c2cccc3ccccc23)N(C)C)cc1C. The molecule has 0 aliphatic heterocycles. The van der Waals surface area contributed by atoms with Crippen molar-refractivity contribution in [2.75, 3.05) is 27.7 Å². The zero-order valence-electron chi connectivity index (χ0n) is 16.6. The number of hydrogen-bond acceptors (Lipinski definition) is 4. The van der Waals surface area contributed by atoms with Crippen LogP contribution in [-0.4, -0.2) is 41.1 Å². The first-order valence-corrected chi connectivity index (χ1v) is 10.6. The molecule has 1 atom stereocenters. The molecule has 0 aromatic heterocycles. The van der Waals surface area contributed by atoms with E-state index in [-0.39, 0.29) is 17.5 Å². The van der Waals surface area contributed by atoms with E-state index in [1.165, 1.54) is 0 Å². The Hall–Kier alpha value is -2.41. The highest BCUT2D eigenvalue weighted by atomic mass is 32.2. The predicted octanol–water partition coefficient (Wildman–Crippen LogP) is 3.74. The first-order valence-electron chi connectivity index (χ1n) is 9.12. The smallest absolute Gasteiger partial charge is 0.240 e. The third kappa shape index (κ3) is 4.19. The van der Waals surface area contributed by atoms with Gasteiger partial charge in [0.25, 0.3) is 0 Å². The Bertz CT molecular complexity index is 1070. The van der Waals surface area contributed by atoms with Crippen LogP contribution in [0.15, 0.2) is 65.6 Å². The molecule has 3 rings (SSSR count). The van der Waals surface area contributed by atoms with Gasteiger partial charge in [-0.15, -0.1) is 0 Å². The van der Waals surface area contributed by atoms with Gasteiger partial charge in [-0.3, -0.25) is 0 Å². The molecule has 0 amide bonds. The Morgan fingerprint density at radius 2 is 1.75 bits per heavy atom. The topological polar surface area (TPSA) is 58.6 Å². The number of aryl methyl sites for hydroxylation is 1. The number of fused-ring (bicyclic) bond motifs is 1. The van der Waals surface area contributed by atoms with Crippen LogP contribution in [0.2, 0.25) is 0 Å². The molecule has 6 heteroatoms. The number of sulfonamides is 1. The van der Waals surface area contributed by atoms with E-state index in [2.05, 4.69) is 29.0 Å². The van der Waals surface area contributed by atoms with E-state index in [1.807, 2.05) is 44.1 Å². The summed E-state index contributed by atoms with van der Waals surface area (Å²) in [6.45, 7) is 2.10. The van der Waals surface area contributed by atoms with Crippen molar-refractivity contribution in [2.24, 2.45) is 0 Å². The number of likely N-dealkylation sites (N-methyl/N-ethyl adjacent to an activating group) is 1. The molecule has 28 heavy (non-hydrogen) atoms. The summed E-state index contributed by atoms with van der Waals surface area (Å²) < 4.78 is 33.7. The van der Waals surface area contributed by atoms with Gasteiger partial charge in [0.1, 0.15) is 5.75 Å². The average Bonchev–Trinajstić information content (AvgIpc) is 2.68. The fraction of sp³-hybridized carbons (Fsp3) is 0.273. The molecule has 0 saturated heterocycles. The molecular formula is C22H26N2O3S. The van der Waals surface area contributed by atoms with E-state index in [9.17, 15) is 8.42 Å². The molecule has 0 radical (unpaired) electrons. The Labute approximate surface area is 167 Å². The number of benzene rings is 3. The van der Waals surface area contributed by atoms with E-state index in [0.29, 0.717) is 5.75 Å². The van der Waals surface area contributed by atoms with Gasteiger partial charge in [0.15, 0.2) is 0 Å². The van der Waals surface area contributed by atoms with Gasteiger partial charge in [-0.05, 0) is 61.1 Å². The molecule has 0 spiro atoms. The fourth-order valence-corrected chi connectivity index (χ4v) is 4.52. The molecule has 148 valence electrons. The van der Waals surface area contributed by atoms with Gasteiger partial charge < -0.3 is 9.64 Å². The lowest BCUT2D eigenvalue weighted by molar-refractivity contribution is 0.301. The first-order chi connectivity index (χ1) is 13.3. The lowest BCUT2D eigenvalue weighted by Crippen LogP contribution is -2.34. The van der Waals surface area contributed by atoms with Crippen molar-refractivity contribution in [3.8, 4) is 5.75 Å². The van der Waals surface area contributed by atoms with Crippen LogP contribution in [0.3, 0.4) is 0 Å². The van der Waals surface area contributed by atoms with Gasteiger partial charge in [-0.2, -0.15) is 0 Å². The quantitative estimate of drug-likeness (QED) is 0.659. The van der Waals surface area contributed by atoms with Crippen molar-refractivity contribution in [1.29, 1.82) is 0 Å².